The number of halogens is 1. The highest BCUT2D eigenvalue weighted by molar-refractivity contribution is 5.91. The second kappa shape index (κ2) is 7.55. The number of carbonyl (C=O) groups excluding carboxylic acids is 1. The molecule has 2 aromatic rings. The Balaban J connectivity index is 2.02. The number of benzene rings is 1. The lowest BCUT2D eigenvalue weighted by atomic mass is 10.3. The molecule has 7 heteroatoms. The number of rotatable bonds is 6. The van der Waals surface area contributed by atoms with Crippen molar-refractivity contribution in [3.63, 3.8) is 0 Å². The molecule has 122 valence electrons. The van der Waals surface area contributed by atoms with Gasteiger partial charge in [0.2, 0.25) is 5.43 Å². The van der Waals surface area contributed by atoms with Crippen molar-refractivity contribution in [3.8, 4) is 5.75 Å². The number of pyridine rings is 1. The number of ether oxygens (including phenoxy) is 1. The van der Waals surface area contributed by atoms with Gasteiger partial charge in [-0.15, -0.1) is 0 Å². The van der Waals surface area contributed by atoms with Gasteiger partial charge in [0.25, 0.3) is 5.91 Å². The van der Waals surface area contributed by atoms with Crippen LogP contribution < -0.4 is 15.5 Å². The van der Waals surface area contributed by atoms with Crippen LogP contribution in [0.15, 0.2) is 41.3 Å². The predicted molar refractivity (Wildman–Crippen MR) is 83.0 cm³/mol. The zero-order chi connectivity index (χ0) is 16.8. The summed E-state index contributed by atoms with van der Waals surface area (Å²) in [6.07, 6.45) is 1.55. The molecule has 1 aromatic carbocycles. The monoisotopic (exact) mass is 320 g/mol. The van der Waals surface area contributed by atoms with Crippen LogP contribution in [0.2, 0.25) is 0 Å². The first-order chi connectivity index (χ1) is 11.0. The first-order valence-corrected chi connectivity index (χ1v) is 7.00. The van der Waals surface area contributed by atoms with Crippen molar-refractivity contribution in [1.29, 1.82) is 0 Å². The number of aliphatic hydroxyl groups is 1. The van der Waals surface area contributed by atoms with Crippen molar-refractivity contribution in [3.05, 3.63) is 58.3 Å². The van der Waals surface area contributed by atoms with Gasteiger partial charge in [0.05, 0.1) is 12.3 Å². The van der Waals surface area contributed by atoms with Crippen LogP contribution in [0.4, 0.5) is 10.1 Å². The topological polar surface area (TPSA) is 80.6 Å². The third-order valence-electron chi connectivity index (χ3n) is 3.21. The van der Waals surface area contributed by atoms with Crippen LogP contribution in [-0.2, 0) is 11.3 Å². The second-order valence-corrected chi connectivity index (χ2v) is 4.86. The Morgan fingerprint density at radius 2 is 2.00 bits per heavy atom. The Kier molecular flexibility index (Phi) is 5.48. The van der Waals surface area contributed by atoms with E-state index in [2.05, 4.69) is 5.32 Å². The number of anilines is 1. The molecule has 0 aliphatic carbocycles. The van der Waals surface area contributed by atoms with E-state index < -0.39 is 11.7 Å². The lowest BCUT2D eigenvalue weighted by molar-refractivity contribution is -0.118. The number of hydrogen-bond donors (Lipinski definition) is 2. The number of aromatic nitrogens is 1. The Morgan fingerprint density at radius 1 is 1.30 bits per heavy atom. The van der Waals surface area contributed by atoms with Crippen LogP contribution in [0, 0.1) is 12.7 Å². The maximum absolute atomic E-state index is 12.8. The van der Waals surface area contributed by atoms with Crippen LogP contribution in [0.25, 0.3) is 0 Å². The van der Waals surface area contributed by atoms with Crippen LogP contribution in [0.3, 0.4) is 0 Å². The molecule has 0 spiro atoms. The SMILES string of the molecule is Cc1c(OCC(=O)Nc2ccc(F)cc2)c(=O)ccn1CCO. The molecule has 0 atom stereocenters. The minimum absolute atomic E-state index is 0.0650. The highest BCUT2D eigenvalue weighted by atomic mass is 19.1. The van der Waals surface area contributed by atoms with Gasteiger partial charge in [-0.1, -0.05) is 0 Å². The zero-order valence-electron chi connectivity index (χ0n) is 12.6. The van der Waals surface area contributed by atoms with Crippen molar-refractivity contribution in [2.45, 2.75) is 13.5 Å². The quantitative estimate of drug-likeness (QED) is 0.841. The molecule has 23 heavy (non-hydrogen) atoms. The van der Waals surface area contributed by atoms with Gasteiger partial charge in [-0.25, -0.2) is 4.39 Å². The molecule has 2 N–H and O–H groups in total. The van der Waals surface area contributed by atoms with Crippen LogP contribution in [0.1, 0.15) is 5.69 Å². The smallest absolute Gasteiger partial charge is 0.262 e. The van der Waals surface area contributed by atoms with Crippen molar-refractivity contribution in [2.75, 3.05) is 18.5 Å². The molecule has 0 aliphatic heterocycles. The van der Waals surface area contributed by atoms with Gasteiger partial charge in [0.1, 0.15) is 5.82 Å². The van der Waals surface area contributed by atoms with Gasteiger partial charge < -0.3 is 19.7 Å². The maximum Gasteiger partial charge on any atom is 0.262 e. The number of nitrogens with one attached hydrogen (secondary N) is 1. The number of nitrogens with zero attached hydrogens (tertiary/aromatic N) is 1. The van der Waals surface area contributed by atoms with Gasteiger partial charge in [-0.2, -0.15) is 0 Å². The highest BCUT2D eigenvalue weighted by Crippen LogP contribution is 2.12. The molecule has 2 rings (SSSR count). The van der Waals surface area contributed by atoms with E-state index in [0.29, 0.717) is 17.9 Å². The molecular weight excluding hydrogens is 303 g/mol. The van der Waals surface area contributed by atoms with E-state index in [1.54, 1.807) is 17.7 Å². The molecule has 1 heterocycles. The fourth-order valence-electron chi connectivity index (χ4n) is 2.05. The summed E-state index contributed by atoms with van der Waals surface area (Å²) >= 11 is 0. The van der Waals surface area contributed by atoms with E-state index in [4.69, 9.17) is 9.84 Å². The summed E-state index contributed by atoms with van der Waals surface area (Å²) in [5.41, 5.74) is 0.620. The van der Waals surface area contributed by atoms with E-state index in [-0.39, 0.29) is 24.4 Å². The first-order valence-electron chi connectivity index (χ1n) is 7.00. The van der Waals surface area contributed by atoms with Gasteiger partial charge in [0.15, 0.2) is 12.4 Å². The summed E-state index contributed by atoms with van der Waals surface area (Å²) in [7, 11) is 0. The fourth-order valence-corrected chi connectivity index (χ4v) is 2.05. The van der Waals surface area contributed by atoms with Crippen LogP contribution in [-0.4, -0.2) is 28.8 Å². The third kappa shape index (κ3) is 4.40. The van der Waals surface area contributed by atoms with E-state index >= 15 is 0 Å². The molecule has 0 unspecified atom stereocenters. The molecule has 1 aromatic heterocycles. The molecule has 0 fully saturated rings. The van der Waals surface area contributed by atoms with Gasteiger partial charge in [-0.3, -0.25) is 9.59 Å². The summed E-state index contributed by atoms with van der Waals surface area (Å²) in [5, 5.41) is 11.5. The molecular formula is C16H17FN2O4. The first kappa shape index (κ1) is 16.7. The van der Waals surface area contributed by atoms with Crippen molar-refractivity contribution in [1.82, 2.24) is 4.57 Å². The number of aliphatic hydroxyl groups excluding tert-OH is 1. The van der Waals surface area contributed by atoms with Crippen molar-refractivity contribution < 1.29 is 19.0 Å². The fraction of sp³-hybridized carbons (Fsp3) is 0.250. The van der Waals surface area contributed by atoms with Gasteiger partial charge in [0, 0.05) is 24.5 Å². The predicted octanol–water partition coefficient (Wildman–Crippen LogP) is 1.31. The zero-order valence-corrected chi connectivity index (χ0v) is 12.6. The van der Waals surface area contributed by atoms with E-state index in [1.165, 1.54) is 30.3 Å². The van der Waals surface area contributed by atoms with Crippen molar-refractivity contribution in [2.24, 2.45) is 0 Å². The van der Waals surface area contributed by atoms with E-state index in [9.17, 15) is 14.0 Å². The average molecular weight is 320 g/mol. The lowest BCUT2D eigenvalue weighted by Gasteiger charge is -2.13. The second-order valence-electron chi connectivity index (χ2n) is 4.86. The summed E-state index contributed by atoms with van der Waals surface area (Å²) < 4.78 is 19.8. The summed E-state index contributed by atoms with van der Waals surface area (Å²) in [5.74, 6) is -0.799. The summed E-state index contributed by atoms with van der Waals surface area (Å²) in [6.45, 7) is 1.57. The standard InChI is InChI=1S/C16H17FN2O4/c1-11-16(14(21)6-7-19(11)8-9-20)23-10-15(22)18-13-4-2-12(17)3-5-13/h2-7,20H,8-10H2,1H3,(H,18,22). The molecule has 6 nitrogen and oxygen atoms in total. The average Bonchev–Trinajstić information content (AvgIpc) is 2.52. The minimum Gasteiger partial charge on any atom is -0.478 e. The molecule has 1 amide bonds. The number of hydrogen-bond acceptors (Lipinski definition) is 4. The minimum atomic E-state index is -0.465. The molecule has 0 saturated heterocycles. The lowest BCUT2D eigenvalue weighted by Crippen LogP contribution is -2.24. The van der Waals surface area contributed by atoms with Crippen molar-refractivity contribution >= 4 is 11.6 Å². The van der Waals surface area contributed by atoms with Gasteiger partial charge in [-0.05, 0) is 31.2 Å². The van der Waals surface area contributed by atoms with E-state index in [1.807, 2.05) is 0 Å². The molecule has 0 saturated carbocycles. The van der Waals surface area contributed by atoms with Crippen LogP contribution in [0.5, 0.6) is 5.75 Å². The molecule has 0 radical (unpaired) electrons. The Morgan fingerprint density at radius 3 is 2.65 bits per heavy atom. The van der Waals surface area contributed by atoms with E-state index in [0.717, 1.165) is 0 Å². The van der Waals surface area contributed by atoms with Crippen LogP contribution >= 0.6 is 0 Å². The third-order valence-corrected chi connectivity index (χ3v) is 3.21. The molecule has 0 aliphatic rings. The normalized spacial score (nSPS) is 10.4. The number of amides is 1. The number of carbonyl (C=O) groups is 1. The Hall–Kier alpha value is -2.67. The van der Waals surface area contributed by atoms with Gasteiger partial charge >= 0.3 is 0 Å². The largest absolute Gasteiger partial charge is 0.478 e. The molecule has 0 bridgehead atoms. The Bertz CT molecular complexity index is 741. The Labute approximate surface area is 132 Å². The summed E-state index contributed by atoms with van der Waals surface area (Å²) in [4.78, 5) is 23.7. The summed E-state index contributed by atoms with van der Waals surface area (Å²) in [6, 6.07) is 6.62. The highest BCUT2D eigenvalue weighted by Gasteiger charge is 2.11. The maximum atomic E-state index is 12.8.